The molecular weight excluding hydrogens is 277 g/mol. The molecule has 0 atom stereocenters. The van der Waals surface area contributed by atoms with Gasteiger partial charge in [-0.05, 0) is 37.5 Å². The average Bonchev–Trinajstić information content (AvgIpc) is 2.74. The molecule has 22 heavy (non-hydrogen) atoms. The van der Waals surface area contributed by atoms with E-state index in [9.17, 15) is 4.39 Å². The summed E-state index contributed by atoms with van der Waals surface area (Å²) in [7, 11) is 0. The molecule has 3 nitrogen and oxygen atoms in total. The molecule has 4 heteroatoms. The number of aliphatic imine (C=N–C) groups is 1. The van der Waals surface area contributed by atoms with E-state index in [1.54, 1.807) is 12.1 Å². The van der Waals surface area contributed by atoms with Crippen LogP contribution in [0.25, 0.3) is 5.70 Å². The van der Waals surface area contributed by atoms with E-state index in [1.165, 1.54) is 44.2 Å². The highest BCUT2D eigenvalue weighted by Gasteiger charge is 2.27. The first-order chi connectivity index (χ1) is 10.6. The first-order valence-electron chi connectivity index (χ1n) is 8.19. The Morgan fingerprint density at radius 3 is 2.59 bits per heavy atom. The Morgan fingerprint density at radius 2 is 1.86 bits per heavy atom. The largest absolute Gasteiger partial charge is 0.383 e. The Bertz CT molecular complexity index is 568. The maximum atomic E-state index is 13.1. The Kier molecular flexibility index (Phi) is 4.46. The van der Waals surface area contributed by atoms with E-state index in [0.717, 1.165) is 30.2 Å². The van der Waals surface area contributed by atoms with Crippen molar-refractivity contribution in [1.29, 1.82) is 0 Å². The van der Waals surface area contributed by atoms with Gasteiger partial charge in [-0.2, -0.15) is 0 Å². The lowest BCUT2D eigenvalue weighted by molar-refractivity contribution is 0.291. The van der Waals surface area contributed by atoms with Gasteiger partial charge in [0.05, 0.1) is 6.54 Å². The van der Waals surface area contributed by atoms with Gasteiger partial charge in [-0.3, -0.25) is 4.99 Å². The summed E-state index contributed by atoms with van der Waals surface area (Å²) in [5, 5.41) is 7.03. The summed E-state index contributed by atoms with van der Waals surface area (Å²) < 4.78 is 13.1. The van der Waals surface area contributed by atoms with Crippen LogP contribution in [-0.4, -0.2) is 24.5 Å². The van der Waals surface area contributed by atoms with E-state index < -0.39 is 0 Å². The van der Waals surface area contributed by atoms with Crippen molar-refractivity contribution in [2.45, 2.75) is 44.6 Å². The van der Waals surface area contributed by atoms with Crippen molar-refractivity contribution >= 4 is 11.5 Å². The zero-order valence-electron chi connectivity index (χ0n) is 13.2. The smallest absolute Gasteiger partial charge is 0.123 e. The number of halogens is 1. The van der Waals surface area contributed by atoms with Crippen LogP contribution >= 0.6 is 0 Å². The minimum Gasteiger partial charge on any atom is -0.383 e. The van der Waals surface area contributed by atoms with E-state index in [4.69, 9.17) is 0 Å². The van der Waals surface area contributed by atoms with Crippen LogP contribution in [0, 0.1) is 5.82 Å². The van der Waals surface area contributed by atoms with Gasteiger partial charge in [0.1, 0.15) is 11.7 Å². The maximum Gasteiger partial charge on any atom is 0.123 e. The number of amidine groups is 1. The van der Waals surface area contributed by atoms with Crippen LogP contribution in [-0.2, 0) is 0 Å². The minimum atomic E-state index is -0.209. The van der Waals surface area contributed by atoms with E-state index in [1.807, 2.05) is 0 Å². The van der Waals surface area contributed by atoms with E-state index in [2.05, 4.69) is 28.6 Å². The predicted octanol–water partition coefficient (Wildman–Crippen LogP) is 3.48. The van der Waals surface area contributed by atoms with Crippen LogP contribution in [0.2, 0.25) is 0 Å². The molecule has 1 saturated carbocycles. The van der Waals surface area contributed by atoms with Crippen molar-refractivity contribution in [3.05, 3.63) is 41.7 Å². The van der Waals surface area contributed by atoms with E-state index in [-0.39, 0.29) is 11.4 Å². The second-order valence-corrected chi connectivity index (χ2v) is 6.50. The second-order valence-electron chi connectivity index (χ2n) is 6.50. The summed E-state index contributed by atoms with van der Waals surface area (Å²) in [6.45, 7) is 3.84. The van der Waals surface area contributed by atoms with Gasteiger partial charge in [-0.1, -0.05) is 31.4 Å². The van der Waals surface area contributed by atoms with E-state index in [0.29, 0.717) is 0 Å². The quantitative estimate of drug-likeness (QED) is 0.877. The van der Waals surface area contributed by atoms with Gasteiger partial charge in [0.15, 0.2) is 0 Å². The highest BCUT2D eigenvalue weighted by Crippen LogP contribution is 2.28. The SMILES string of the molecule is CC1(NC2=NCCNC(c3ccc(F)cc3)=C2)CCCCC1. The molecule has 2 N–H and O–H groups in total. The van der Waals surface area contributed by atoms with Gasteiger partial charge in [-0.15, -0.1) is 0 Å². The Balaban J connectivity index is 1.79. The summed E-state index contributed by atoms with van der Waals surface area (Å²) in [5.74, 6) is 0.730. The summed E-state index contributed by atoms with van der Waals surface area (Å²) >= 11 is 0. The second kappa shape index (κ2) is 6.51. The van der Waals surface area contributed by atoms with Gasteiger partial charge in [-0.25, -0.2) is 4.39 Å². The maximum absolute atomic E-state index is 13.1. The van der Waals surface area contributed by atoms with Gasteiger partial charge in [0.25, 0.3) is 0 Å². The number of rotatable bonds is 2. The van der Waals surface area contributed by atoms with Crippen molar-refractivity contribution < 1.29 is 4.39 Å². The lowest BCUT2D eigenvalue weighted by Gasteiger charge is -2.35. The first-order valence-corrected chi connectivity index (χ1v) is 8.19. The normalized spacial score (nSPS) is 21.2. The third kappa shape index (κ3) is 3.67. The first kappa shape index (κ1) is 15.1. The standard InChI is InChI=1S/C18H24FN3/c1-18(9-3-2-4-10-18)22-17-13-16(20-11-12-21-17)14-5-7-15(19)8-6-14/h5-8,13,20H,2-4,9-12H2,1H3,(H,21,22). The minimum absolute atomic E-state index is 0.145. The molecule has 0 amide bonds. The summed E-state index contributed by atoms with van der Waals surface area (Å²) in [6, 6.07) is 6.60. The molecule has 0 radical (unpaired) electrons. The van der Waals surface area contributed by atoms with Crippen LogP contribution in [0.15, 0.2) is 35.3 Å². The Labute approximate surface area is 131 Å². The topological polar surface area (TPSA) is 36.4 Å². The third-order valence-electron chi connectivity index (χ3n) is 4.53. The van der Waals surface area contributed by atoms with Crippen LogP contribution in [0.4, 0.5) is 4.39 Å². The predicted molar refractivity (Wildman–Crippen MR) is 89.3 cm³/mol. The van der Waals surface area contributed by atoms with Crippen molar-refractivity contribution in [2.75, 3.05) is 13.1 Å². The molecular formula is C18H24FN3. The lowest BCUT2D eigenvalue weighted by atomic mass is 9.83. The van der Waals surface area contributed by atoms with Crippen LogP contribution in [0.1, 0.15) is 44.6 Å². The zero-order chi connectivity index (χ0) is 15.4. The molecule has 0 aromatic heterocycles. The molecule has 118 valence electrons. The Hall–Kier alpha value is -1.84. The van der Waals surface area contributed by atoms with E-state index >= 15 is 0 Å². The summed E-state index contributed by atoms with van der Waals surface area (Å²) in [6.07, 6.45) is 8.34. The number of nitrogens with zero attached hydrogens (tertiary/aromatic N) is 1. The van der Waals surface area contributed by atoms with Crippen molar-refractivity contribution in [2.24, 2.45) is 4.99 Å². The van der Waals surface area contributed by atoms with Gasteiger partial charge in [0.2, 0.25) is 0 Å². The lowest BCUT2D eigenvalue weighted by Crippen LogP contribution is -2.46. The third-order valence-corrected chi connectivity index (χ3v) is 4.53. The molecule has 0 saturated heterocycles. The van der Waals surface area contributed by atoms with Gasteiger partial charge >= 0.3 is 0 Å². The van der Waals surface area contributed by atoms with Crippen molar-refractivity contribution in [3.8, 4) is 0 Å². The molecule has 0 spiro atoms. The molecule has 1 aromatic rings. The van der Waals surface area contributed by atoms with Crippen molar-refractivity contribution in [1.82, 2.24) is 10.6 Å². The molecule has 0 bridgehead atoms. The number of hydrogen-bond donors (Lipinski definition) is 2. The van der Waals surface area contributed by atoms with Crippen LogP contribution in [0.3, 0.4) is 0 Å². The van der Waals surface area contributed by atoms with Gasteiger partial charge < -0.3 is 10.6 Å². The molecule has 1 aromatic carbocycles. The van der Waals surface area contributed by atoms with Crippen molar-refractivity contribution in [3.63, 3.8) is 0 Å². The number of benzene rings is 1. The zero-order valence-corrected chi connectivity index (χ0v) is 13.2. The molecule has 1 heterocycles. The summed E-state index contributed by atoms with van der Waals surface area (Å²) in [5.41, 5.74) is 2.14. The highest BCUT2D eigenvalue weighted by atomic mass is 19.1. The number of nitrogens with one attached hydrogen (secondary N) is 2. The molecule has 1 aliphatic carbocycles. The monoisotopic (exact) mass is 301 g/mol. The molecule has 2 aliphatic rings. The summed E-state index contributed by atoms with van der Waals surface area (Å²) in [4.78, 5) is 4.65. The fraction of sp³-hybridized carbons (Fsp3) is 0.500. The highest BCUT2D eigenvalue weighted by molar-refractivity contribution is 5.99. The average molecular weight is 301 g/mol. The molecule has 1 aliphatic heterocycles. The van der Waals surface area contributed by atoms with Crippen LogP contribution < -0.4 is 10.6 Å². The molecule has 0 unspecified atom stereocenters. The van der Waals surface area contributed by atoms with Gasteiger partial charge in [0, 0.05) is 23.9 Å². The van der Waals surface area contributed by atoms with Crippen LogP contribution in [0.5, 0.6) is 0 Å². The fourth-order valence-electron chi connectivity index (χ4n) is 3.26. The molecule has 1 fully saturated rings. The fourth-order valence-corrected chi connectivity index (χ4v) is 3.26. The molecule has 3 rings (SSSR count). The number of hydrogen-bond acceptors (Lipinski definition) is 3. The Morgan fingerprint density at radius 1 is 1.14 bits per heavy atom.